The van der Waals surface area contributed by atoms with Crippen molar-refractivity contribution in [1.82, 2.24) is 9.97 Å². The van der Waals surface area contributed by atoms with Gasteiger partial charge < -0.3 is 15.4 Å². The van der Waals surface area contributed by atoms with Crippen molar-refractivity contribution >= 4 is 29.1 Å². The van der Waals surface area contributed by atoms with Gasteiger partial charge in [-0.05, 0) is 60.9 Å². The Bertz CT molecular complexity index is 893. The van der Waals surface area contributed by atoms with E-state index < -0.39 is 0 Å². The van der Waals surface area contributed by atoms with Gasteiger partial charge in [0.15, 0.2) is 0 Å². The summed E-state index contributed by atoms with van der Waals surface area (Å²) in [7, 11) is 0. The van der Waals surface area contributed by atoms with E-state index >= 15 is 0 Å². The number of hydrogen-bond donors (Lipinski definition) is 2. The molecule has 4 rings (SSSR count). The highest BCUT2D eigenvalue weighted by molar-refractivity contribution is 6.30. The van der Waals surface area contributed by atoms with Crippen molar-refractivity contribution in [3.63, 3.8) is 0 Å². The molecule has 0 unspecified atom stereocenters. The molecule has 0 aliphatic heterocycles. The molecule has 1 fully saturated rings. The van der Waals surface area contributed by atoms with Crippen LogP contribution in [0.5, 0.6) is 5.75 Å². The van der Waals surface area contributed by atoms with Gasteiger partial charge in [0.05, 0.1) is 0 Å². The van der Waals surface area contributed by atoms with Crippen molar-refractivity contribution in [1.29, 1.82) is 0 Å². The molecule has 6 heteroatoms. The van der Waals surface area contributed by atoms with Crippen LogP contribution >= 0.6 is 11.6 Å². The lowest BCUT2D eigenvalue weighted by Gasteiger charge is -2.13. The molecular weight excluding hydrogens is 372 g/mol. The van der Waals surface area contributed by atoms with Crippen LogP contribution in [0.15, 0.2) is 60.8 Å². The van der Waals surface area contributed by atoms with E-state index in [9.17, 15) is 0 Å². The van der Waals surface area contributed by atoms with Crippen molar-refractivity contribution in [3.8, 4) is 5.75 Å². The van der Waals surface area contributed by atoms with E-state index in [-0.39, 0.29) is 0 Å². The number of rotatable bonds is 7. The summed E-state index contributed by atoms with van der Waals surface area (Å²) in [4.78, 5) is 8.87. The molecule has 144 valence electrons. The van der Waals surface area contributed by atoms with E-state index in [4.69, 9.17) is 16.3 Å². The first kappa shape index (κ1) is 18.6. The fourth-order valence-electron chi connectivity index (χ4n) is 3.29. The molecule has 2 N–H and O–H groups in total. The van der Waals surface area contributed by atoms with Gasteiger partial charge in [0.25, 0.3) is 0 Å². The Morgan fingerprint density at radius 1 is 0.964 bits per heavy atom. The SMILES string of the molecule is Clc1ccc(COc2ccc(Nc3nccc(NC4CCCC4)n3)cc2)cc1. The molecule has 0 atom stereocenters. The highest BCUT2D eigenvalue weighted by Gasteiger charge is 2.15. The topological polar surface area (TPSA) is 59.1 Å². The van der Waals surface area contributed by atoms with Crippen LogP contribution in [-0.4, -0.2) is 16.0 Å². The standard InChI is InChI=1S/C22H23ClN4O/c23-17-7-5-16(6-8-17)15-28-20-11-9-19(10-12-20)26-22-24-14-13-21(27-22)25-18-3-1-2-4-18/h5-14,18H,1-4,15H2,(H2,24,25,26,27). The van der Waals surface area contributed by atoms with Gasteiger partial charge in [-0.3, -0.25) is 0 Å². The Kier molecular flexibility index (Phi) is 5.92. The largest absolute Gasteiger partial charge is 0.489 e. The normalized spacial score (nSPS) is 14.0. The van der Waals surface area contributed by atoms with E-state index in [2.05, 4.69) is 20.6 Å². The van der Waals surface area contributed by atoms with Gasteiger partial charge in [0, 0.05) is 22.9 Å². The Morgan fingerprint density at radius 2 is 1.71 bits per heavy atom. The highest BCUT2D eigenvalue weighted by atomic mass is 35.5. The summed E-state index contributed by atoms with van der Waals surface area (Å²) >= 11 is 5.90. The molecule has 28 heavy (non-hydrogen) atoms. The molecule has 3 aromatic rings. The number of halogens is 1. The third-order valence-electron chi connectivity index (χ3n) is 4.79. The number of benzene rings is 2. The Morgan fingerprint density at radius 3 is 2.46 bits per heavy atom. The molecule has 1 saturated carbocycles. The van der Waals surface area contributed by atoms with E-state index in [0.717, 1.165) is 27.8 Å². The zero-order chi connectivity index (χ0) is 19.2. The Balaban J connectivity index is 1.33. The maximum absolute atomic E-state index is 5.90. The third-order valence-corrected chi connectivity index (χ3v) is 5.04. The quantitative estimate of drug-likeness (QED) is 0.529. The minimum atomic E-state index is 0.502. The van der Waals surface area contributed by atoms with Crippen LogP contribution in [0.4, 0.5) is 17.5 Å². The lowest BCUT2D eigenvalue weighted by molar-refractivity contribution is 0.306. The predicted octanol–water partition coefficient (Wildman–Crippen LogP) is 5.81. The summed E-state index contributed by atoms with van der Waals surface area (Å²) in [5.41, 5.74) is 1.99. The minimum absolute atomic E-state index is 0.502. The van der Waals surface area contributed by atoms with Crippen LogP contribution in [0.1, 0.15) is 31.2 Å². The third kappa shape index (κ3) is 5.14. The molecular formula is C22H23ClN4O. The zero-order valence-electron chi connectivity index (χ0n) is 15.6. The first-order valence-electron chi connectivity index (χ1n) is 9.58. The summed E-state index contributed by atoms with van der Waals surface area (Å²) in [6.45, 7) is 0.502. The van der Waals surface area contributed by atoms with E-state index in [0.29, 0.717) is 18.6 Å². The van der Waals surface area contributed by atoms with Gasteiger partial charge in [-0.25, -0.2) is 4.98 Å². The number of nitrogens with one attached hydrogen (secondary N) is 2. The number of ether oxygens (including phenoxy) is 1. The van der Waals surface area contributed by atoms with Crippen LogP contribution in [0, 0.1) is 0 Å². The van der Waals surface area contributed by atoms with E-state index in [1.54, 1.807) is 6.20 Å². The first-order chi connectivity index (χ1) is 13.7. The van der Waals surface area contributed by atoms with Crippen LogP contribution in [0.3, 0.4) is 0 Å². The van der Waals surface area contributed by atoms with Crippen LogP contribution in [0.25, 0.3) is 0 Å². The maximum Gasteiger partial charge on any atom is 0.229 e. The maximum atomic E-state index is 5.90. The van der Waals surface area contributed by atoms with E-state index in [1.807, 2.05) is 54.6 Å². The molecule has 1 aliphatic carbocycles. The first-order valence-corrected chi connectivity index (χ1v) is 9.96. The van der Waals surface area contributed by atoms with Crippen LogP contribution < -0.4 is 15.4 Å². The molecule has 2 aromatic carbocycles. The lowest BCUT2D eigenvalue weighted by Crippen LogP contribution is -2.15. The average molecular weight is 395 g/mol. The van der Waals surface area contributed by atoms with Gasteiger partial charge >= 0.3 is 0 Å². The van der Waals surface area contributed by atoms with Crippen LogP contribution in [-0.2, 0) is 6.61 Å². The number of hydrogen-bond acceptors (Lipinski definition) is 5. The van der Waals surface area contributed by atoms with Gasteiger partial charge in [0.2, 0.25) is 5.95 Å². The molecule has 0 bridgehead atoms. The summed E-state index contributed by atoms with van der Waals surface area (Å²) in [5, 5.41) is 7.46. The number of anilines is 3. The van der Waals surface area contributed by atoms with E-state index in [1.165, 1.54) is 25.7 Å². The molecule has 5 nitrogen and oxygen atoms in total. The van der Waals surface area contributed by atoms with Gasteiger partial charge in [-0.1, -0.05) is 36.6 Å². The zero-order valence-corrected chi connectivity index (χ0v) is 16.3. The second kappa shape index (κ2) is 8.93. The Labute approximate surface area is 170 Å². The molecule has 0 saturated heterocycles. The molecule has 0 radical (unpaired) electrons. The Hall–Kier alpha value is -2.79. The summed E-state index contributed by atoms with van der Waals surface area (Å²) < 4.78 is 5.82. The van der Waals surface area contributed by atoms with Gasteiger partial charge in [-0.2, -0.15) is 4.98 Å². The lowest BCUT2D eigenvalue weighted by atomic mass is 10.2. The summed E-state index contributed by atoms with van der Waals surface area (Å²) in [5.74, 6) is 2.25. The van der Waals surface area contributed by atoms with Crippen molar-refractivity contribution < 1.29 is 4.74 Å². The van der Waals surface area contributed by atoms with Crippen LogP contribution in [0.2, 0.25) is 5.02 Å². The van der Waals surface area contributed by atoms with Crippen molar-refractivity contribution in [2.75, 3.05) is 10.6 Å². The fraction of sp³-hybridized carbons (Fsp3) is 0.273. The van der Waals surface area contributed by atoms with Gasteiger partial charge in [-0.15, -0.1) is 0 Å². The fourth-order valence-corrected chi connectivity index (χ4v) is 3.42. The molecule has 1 aromatic heterocycles. The van der Waals surface area contributed by atoms with Crippen molar-refractivity contribution in [2.45, 2.75) is 38.3 Å². The molecule has 1 heterocycles. The van der Waals surface area contributed by atoms with Gasteiger partial charge in [0.1, 0.15) is 18.2 Å². The van der Waals surface area contributed by atoms with Crippen molar-refractivity contribution in [2.24, 2.45) is 0 Å². The second-order valence-electron chi connectivity index (χ2n) is 6.96. The highest BCUT2D eigenvalue weighted by Crippen LogP contribution is 2.23. The molecule has 0 spiro atoms. The summed E-state index contributed by atoms with van der Waals surface area (Å²) in [6, 6.07) is 17.9. The number of nitrogens with zero attached hydrogens (tertiary/aromatic N) is 2. The smallest absolute Gasteiger partial charge is 0.229 e. The van der Waals surface area contributed by atoms with Crippen molar-refractivity contribution in [3.05, 3.63) is 71.4 Å². The minimum Gasteiger partial charge on any atom is -0.489 e. The molecule has 1 aliphatic rings. The summed E-state index contributed by atoms with van der Waals surface area (Å²) in [6.07, 6.45) is 6.78. The number of aromatic nitrogens is 2. The predicted molar refractivity (Wildman–Crippen MR) is 113 cm³/mol. The average Bonchev–Trinajstić information content (AvgIpc) is 3.22. The second-order valence-corrected chi connectivity index (χ2v) is 7.39. The molecule has 0 amide bonds. The monoisotopic (exact) mass is 394 g/mol.